The fourth-order valence-corrected chi connectivity index (χ4v) is 3.42. The van der Waals surface area contributed by atoms with Gasteiger partial charge in [-0.25, -0.2) is 13.1 Å². The third-order valence-corrected chi connectivity index (χ3v) is 5.46. The van der Waals surface area contributed by atoms with Crippen LogP contribution in [0.5, 0.6) is 11.5 Å². The topological polar surface area (TPSA) is 93.7 Å². The molecule has 1 aliphatic rings. The second-order valence-corrected chi connectivity index (χ2v) is 7.88. The van der Waals surface area contributed by atoms with Crippen LogP contribution >= 0.6 is 11.6 Å². The number of amides is 1. The highest BCUT2D eigenvalue weighted by Gasteiger charge is 2.16. The van der Waals surface area contributed by atoms with Crippen LogP contribution in [0.4, 0.5) is 5.69 Å². The smallest absolute Gasteiger partial charge is 0.248 e. The average Bonchev–Trinajstić information content (AvgIpc) is 2.67. The van der Waals surface area contributed by atoms with E-state index in [-0.39, 0.29) is 10.8 Å². The van der Waals surface area contributed by atoms with Crippen LogP contribution in [0.25, 0.3) is 6.08 Å². The summed E-state index contributed by atoms with van der Waals surface area (Å²) in [4.78, 5) is 12.2. The minimum Gasteiger partial charge on any atom is -0.486 e. The Labute approximate surface area is 162 Å². The fourth-order valence-electron chi connectivity index (χ4n) is 2.42. The quantitative estimate of drug-likeness (QED) is 0.742. The van der Waals surface area contributed by atoms with E-state index in [1.165, 1.54) is 37.4 Å². The molecule has 9 heteroatoms. The van der Waals surface area contributed by atoms with E-state index in [1.54, 1.807) is 18.2 Å². The summed E-state index contributed by atoms with van der Waals surface area (Å²) >= 11 is 6.16. The lowest BCUT2D eigenvalue weighted by molar-refractivity contribution is -0.111. The largest absolute Gasteiger partial charge is 0.486 e. The summed E-state index contributed by atoms with van der Waals surface area (Å²) in [6.07, 6.45) is 2.94. The SMILES string of the molecule is CNS(=O)(=O)c1ccc(NC(=O)/C=C/c2cc(Cl)c3c(c2)OCCO3)cc1. The number of hydrogen-bond donors (Lipinski definition) is 2. The average molecular weight is 409 g/mol. The Bertz CT molecular complexity index is 988. The van der Waals surface area contributed by atoms with Crippen molar-refractivity contribution in [2.24, 2.45) is 0 Å². The molecule has 0 saturated heterocycles. The zero-order valence-corrected chi connectivity index (χ0v) is 15.9. The predicted octanol–water partition coefficient (Wildman–Crippen LogP) is 2.67. The number of nitrogens with one attached hydrogen (secondary N) is 2. The molecule has 0 spiro atoms. The number of fused-ring (bicyclic) bond motifs is 1. The molecule has 27 heavy (non-hydrogen) atoms. The molecule has 0 radical (unpaired) electrons. The second-order valence-electron chi connectivity index (χ2n) is 5.58. The van der Waals surface area contributed by atoms with Gasteiger partial charge in [0.2, 0.25) is 15.9 Å². The summed E-state index contributed by atoms with van der Waals surface area (Å²) in [6, 6.07) is 9.25. The molecule has 7 nitrogen and oxygen atoms in total. The Morgan fingerprint density at radius 3 is 2.56 bits per heavy atom. The Morgan fingerprint density at radius 1 is 1.15 bits per heavy atom. The third-order valence-electron chi connectivity index (χ3n) is 3.75. The number of halogens is 1. The molecule has 0 fully saturated rings. The predicted molar refractivity (Wildman–Crippen MR) is 103 cm³/mol. The molecule has 3 rings (SSSR count). The molecule has 0 atom stereocenters. The Kier molecular flexibility index (Phi) is 5.69. The maximum Gasteiger partial charge on any atom is 0.248 e. The highest BCUT2D eigenvalue weighted by atomic mass is 35.5. The third kappa shape index (κ3) is 4.60. The molecule has 0 aliphatic carbocycles. The Hall–Kier alpha value is -2.55. The van der Waals surface area contributed by atoms with Gasteiger partial charge in [0.1, 0.15) is 13.2 Å². The molecule has 2 N–H and O–H groups in total. The number of carbonyl (C=O) groups is 1. The summed E-state index contributed by atoms with van der Waals surface area (Å²) < 4.78 is 36.5. The first-order valence-corrected chi connectivity index (χ1v) is 9.87. The van der Waals surface area contributed by atoms with E-state index in [0.717, 1.165) is 0 Å². The van der Waals surface area contributed by atoms with Crippen LogP contribution < -0.4 is 19.5 Å². The van der Waals surface area contributed by atoms with E-state index in [2.05, 4.69) is 10.0 Å². The van der Waals surface area contributed by atoms with Crippen LogP contribution in [0, 0.1) is 0 Å². The standard InChI is InChI=1S/C18H17ClN2O5S/c1-20-27(23,24)14-5-3-13(4-6-14)21-17(22)7-2-12-10-15(19)18-16(11-12)25-8-9-26-18/h2-7,10-11,20H,8-9H2,1H3,(H,21,22)/b7-2+. The molecule has 2 aromatic carbocycles. The van der Waals surface area contributed by atoms with Gasteiger partial charge in [0, 0.05) is 11.8 Å². The minimum atomic E-state index is -3.51. The van der Waals surface area contributed by atoms with Gasteiger partial charge in [0.05, 0.1) is 9.92 Å². The Morgan fingerprint density at radius 2 is 1.85 bits per heavy atom. The Balaban J connectivity index is 1.68. The van der Waals surface area contributed by atoms with Crippen molar-refractivity contribution in [3.05, 3.63) is 53.1 Å². The molecule has 0 bridgehead atoms. The van der Waals surface area contributed by atoms with Gasteiger partial charge in [0.25, 0.3) is 0 Å². The molecule has 1 amide bonds. The molecule has 0 saturated carbocycles. The number of anilines is 1. The van der Waals surface area contributed by atoms with Crippen LogP contribution in [0.2, 0.25) is 5.02 Å². The second kappa shape index (κ2) is 7.99. The van der Waals surface area contributed by atoms with Crippen LogP contribution in [0.15, 0.2) is 47.4 Å². The van der Waals surface area contributed by atoms with Gasteiger partial charge in [-0.15, -0.1) is 0 Å². The molecule has 2 aromatic rings. The minimum absolute atomic E-state index is 0.115. The van der Waals surface area contributed by atoms with Crippen LogP contribution in [0.3, 0.4) is 0 Å². The summed E-state index contributed by atoms with van der Waals surface area (Å²) in [5, 5.41) is 3.07. The van der Waals surface area contributed by atoms with E-state index >= 15 is 0 Å². The summed E-state index contributed by atoms with van der Waals surface area (Å²) in [7, 11) is -2.18. The number of sulfonamides is 1. The van der Waals surface area contributed by atoms with Crippen molar-refractivity contribution >= 4 is 39.3 Å². The molecular weight excluding hydrogens is 392 g/mol. The number of benzene rings is 2. The summed E-state index contributed by atoms with van der Waals surface area (Å²) in [5.41, 5.74) is 1.16. The monoisotopic (exact) mass is 408 g/mol. The number of hydrogen-bond acceptors (Lipinski definition) is 5. The van der Waals surface area contributed by atoms with Crippen molar-refractivity contribution in [3.63, 3.8) is 0 Å². The van der Waals surface area contributed by atoms with Crippen molar-refractivity contribution in [2.45, 2.75) is 4.90 Å². The van der Waals surface area contributed by atoms with Crippen molar-refractivity contribution in [3.8, 4) is 11.5 Å². The number of carbonyl (C=O) groups excluding carboxylic acids is 1. The van der Waals surface area contributed by atoms with Crippen LogP contribution in [-0.4, -0.2) is 34.6 Å². The maximum atomic E-state index is 12.1. The molecule has 0 unspecified atom stereocenters. The highest BCUT2D eigenvalue weighted by Crippen LogP contribution is 2.38. The van der Waals surface area contributed by atoms with Gasteiger partial charge in [-0.05, 0) is 55.1 Å². The van der Waals surface area contributed by atoms with Crippen molar-refractivity contribution in [2.75, 3.05) is 25.6 Å². The normalized spacial score (nSPS) is 13.6. The molecule has 1 aliphatic heterocycles. The highest BCUT2D eigenvalue weighted by molar-refractivity contribution is 7.89. The van der Waals surface area contributed by atoms with Gasteiger partial charge in [-0.3, -0.25) is 4.79 Å². The fraction of sp³-hybridized carbons (Fsp3) is 0.167. The summed E-state index contributed by atoms with van der Waals surface area (Å²) in [5.74, 6) is 0.668. The van der Waals surface area contributed by atoms with E-state index in [4.69, 9.17) is 21.1 Å². The lowest BCUT2D eigenvalue weighted by Crippen LogP contribution is -2.18. The lowest BCUT2D eigenvalue weighted by Gasteiger charge is -2.19. The zero-order valence-electron chi connectivity index (χ0n) is 14.4. The maximum absolute atomic E-state index is 12.1. The number of rotatable bonds is 5. The van der Waals surface area contributed by atoms with Gasteiger partial charge < -0.3 is 14.8 Å². The molecular formula is C18H17ClN2O5S. The number of ether oxygens (including phenoxy) is 2. The van der Waals surface area contributed by atoms with Crippen LogP contribution in [-0.2, 0) is 14.8 Å². The molecule has 0 aromatic heterocycles. The van der Waals surface area contributed by atoms with Gasteiger partial charge in [-0.2, -0.15) is 0 Å². The summed E-state index contributed by atoms with van der Waals surface area (Å²) in [6.45, 7) is 0.884. The van der Waals surface area contributed by atoms with Gasteiger partial charge in [-0.1, -0.05) is 11.6 Å². The molecule has 1 heterocycles. The zero-order chi connectivity index (χ0) is 19.4. The van der Waals surface area contributed by atoms with E-state index in [9.17, 15) is 13.2 Å². The lowest BCUT2D eigenvalue weighted by atomic mass is 10.1. The molecule has 142 valence electrons. The first kappa shape index (κ1) is 19.2. The van der Waals surface area contributed by atoms with Crippen LogP contribution in [0.1, 0.15) is 5.56 Å². The van der Waals surface area contributed by atoms with Gasteiger partial charge in [0.15, 0.2) is 11.5 Å². The van der Waals surface area contributed by atoms with E-state index in [1.807, 2.05) is 0 Å². The first-order valence-electron chi connectivity index (χ1n) is 8.01. The van der Waals surface area contributed by atoms with E-state index in [0.29, 0.717) is 41.0 Å². The van der Waals surface area contributed by atoms with Crippen molar-refractivity contribution in [1.82, 2.24) is 4.72 Å². The van der Waals surface area contributed by atoms with Gasteiger partial charge >= 0.3 is 0 Å². The van der Waals surface area contributed by atoms with Crippen molar-refractivity contribution in [1.29, 1.82) is 0 Å². The van der Waals surface area contributed by atoms with E-state index < -0.39 is 10.0 Å². The first-order chi connectivity index (χ1) is 12.9. The van der Waals surface area contributed by atoms with Crippen molar-refractivity contribution < 1.29 is 22.7 Å².